The Morgan fingerprint density at radius 2 is 1.82 bits per heavy atom. The Balaban J connectivity index is 0.00000176. The number of benzene rings is 1. The summed E-state index contributed by atoms with van der Waals surface area (Å²) in [7, 11) is 0. The number of H-pyrrole nitrogens is 1. The third kappa shape index (κ3) is 3.69. The van der Waals surface area contributed by atoms with Crippen LogP contribution in [0, 0.1) is 12.8 Å². The Hall–Kier alpha value is -1.81. The van der Waals surface area contributed by atoms with Crippen molar-refractivity contribution in [1.82, 2.24) is 9.97 Å². The van der Waals surface area contributed by atoms with Crippen LogP contribution in [-0.2, 0) is 0 Å². The molecule has 0 radical (unpaired) electrons. The van der Waals surface area contributed by atoms with E-state index in [0.717, 1.165) is 43.1 Å². The molecule has 0 spiro atoms. The first-order chi connectivity index (χ1) is 10.1. The number of aromatic amines is 1. The molecular formula is C17H22ClN3O. The minimum absolute atomic E-state index is 0. The maximum absolute atomic E-state index is 11.9. The topological polar surface area (TPSA) is 49.0 Å². The Bertz CT molecular complexity index is 673. The second-order valence-electron chi connectivity index (χ2n) is 5.99. The van der Waals surface area contributed by atoms with Gasteiger partial charge in [0.05, 0.1) is 5.69 Å². The van der Waals surface area contributed by atoms with E-state index in [1.54, 1.807) is 6.07 Å². The molecule has 1 aliphatic heterocycles. The van der Waals surface area contributed by atoms with Crippen molar-refractivity contribution in [3.8, 4) is 11.3 Å². The quantitative estimate of drug-likeness (QED) is 0.923. The lowest BCUT2D eigenvalue weighted by Gasteiger charge is -2.30. The number of piperidine rings is 1. The summed E-state index contributed by atoms with van der Waals surface area (Å²) in [6, 6.07) is 9.68. The lowest BCUT2D eigenvalue weighted by atomic mass is 10.00. The third-order valence-electron chi connectivity index (χ3n) is 4.16. The molecule has 1 aromatic heterocycles. The largest absolute Gasteiger partial charge is 0.342 e. The van der Waals surface area contributed by atoms with Crippen LogP contribution in [0.5, 0.6) is 0 Å². The van der Waals surface area contributed by atoms with E-state index in [1.165, 1.54) is 5.56 Å². The fourth-order valence-corrected chi connectivity index (χ4v) is 2.69. The van der Waals surface area contributed by atoms with Gasteiger partial charge in [-0.15, -0.1) is 12.4 Å². The molecule has 3 rings (SSSR count). The number of hydrogen-bond acceptors (Lipinski definition) is 3. The van der Waals surface area contributed by atoms with Crippen molar-refractivity contribution in [2.75, 3.05) is 18.0 Å². The van der Waals surface area contributed by atoms with Gasteiger partial charge in [-0.25, -0.2) is 4.98 Å². The number of aromatic nitrogens is 2. The summed E-state index contributed by atoms with van der Waals surface area (Å²) in [6.07, 6.45) is 2.30. The summed E-state index contributed by atoms with van der Waals surface area (Å²) in [4.78, 5) is 21.6. The summed E-state index contributed by atoms with van der Waals surface area (Å²) in [5.41, 5.74) is 2.84. The highest BCUT2D eigenvalue weighted by Crippen LogP contribution is 2.22. The van der Waals surface area contributed by atoms with Gasteiger partial charge in [0, 0.05) is 24.7 Å². The van der Waals surface area contributed by atoms with E-state index in [-0.39, 0.29) is 18.0 Å². The van der Waals surface area contributed by atoms with Gasteiger partial charge in [0.2, 0.25) is 5.95 Å². The van der Waals surface area contributed by atoms with E-state index in [2.05, 4.69) is 28.7 Å². The van der Waals surface area contributed by atoms with Crippen LogP contribution < -0.4 is 10.5 Å². The smallest absolute Gasteiger partial charge is 0.252 e. The Labute approximate surface area is 137 Å². The molecule has 0 amide bonds. The molecule has 0 saturated carbocycles. The summed E-state index contributed by atoms with van der Waals surface area (Å²) >= 11 is 0. The highest BCUT2D eigenvalue weighted by atomic mass is 35.5. The van der Waals surface area contributed by atoms with Crippen molar-refractivity contribution >= 4 is 18.4 Å². The van der Waals surface area contributed by atoms with Crippen LogP contribution in [0.3, 0.4) is 0 Å². The molecule has 1 N–H and O–H groups in total. The molecule has 0 aliphatic carbocycles. The summed E-state index contributed by atoms with van der Waals surface area (Å²) in [5.74, 6) is 1.46. The van der Waals surface area contributed by atoms with Gasteiger partial charge in [-0.2, -0.15) is 0 Å². The molecule has 1 saturated heterocycles. The summed E-state index contributed by atoms with van der Waals surface area (Å²) in [5, 5.41) is 0. The molecule has 2 aromatic rings. The lowest BCUT2D eigenvalue weighted by Crippen LogP contribution is -2.35. The Morgan fingerprint density at radius 1 is 1.18 bits per heavy atom. The Kier molecular flexibility index (Phi) is 5.24. The highest BCUT2D eigenvalue weighted by molar-refractivity contribution is 5.85. The molecule has 0 bridgehead atoms. The molecule has 1 aliphatic rings. The number of anilines is 1. The minimum atomic E-state index is -0.0887. The summed E-state index contributed by atoms with van der Waals surface area (Å²) in [6.45, 7) is 6.24. The highest BCUT2D eigenvalue weighted by Gasteiger charge is 2.18. The fraction of sp³-hybridized carbons (Fsp3) is 0.412. The number of rotatable bonds is 2. The third-order valence-corrected chi connectivity index (χ3v) is 4.16. The van der Waals surface area contributed by atoms with Crippen molar-refractivity contribution in [3.63, 3.8) is 0 Å². The second-order valence-corrected chi connectivity index (χ2v) is 5.99. The van der Waals surface area contributed by atoms with E-state index >= 15 is 0 Å². The molecule has 0 unspecified atom stereocenters. The first kappa shape index (κ1) is 16.6. The van der Waals surface area contributed by atoms with E-state index in [1.807, 2.05) is 24.3 Å². The number of hydrogen-bond donors (Lipinski definition) is 1. The van der Waals surface area contributed by atoms with Gasteiger partial charge in [-0.3, -0.25) is 9.78 Å². The first-order valence-corrected chi connectivity index (χ1v) is 7.55. The standard InChI is InChI=1S/C17H21N3O.ClH/c1-12-3-5-14(6-4-12)15-11-16(21)19-17(18-15)20-9-7-13(2)8-10-20;/h3-6,11,13H,7-10H2,1-2H3,(H,18,19,21);1H. The van der Waals surface area contributed by atoms with Gasteiger partial charge in [0.15, 0.2) is 0 Å². The maximum Gasteiger partial charge on any atom is 0.252 e. The van der Waals surface area contributed by atoms with E-state index < -0.39 is 0 Å². The van der Waals surface area contributed by atoms with Gasteiger partial charge >= 0.3 is 0 Å². The molecule has 1 fully saturated rings. The minimum Gasteiger partial charge on any atom is -0.342 e. The predicted octanol–water partition coefficient (Wildman–Crippen LogP) is 3.40. The van der Waals surface area contributed by atoms with Crippen molar-refractivity contribution in [1.29, 1.82) is 0 Å². The molecule has 5 heteroatoms. The van der Waals surface area contributed by atoms with Gasteiger partial charge in [0.25, 0.3) is 5.56 Å². The fourth-order valence-electron chi connectivity index (χ4n) is 2.69. The zero-order chi connectivity index (χ0) is 14.8. The van der Waals surface area contributed by atoms with Crippen LogP contribution in [-0.4, -0.2) is 23.1 Å². The van der Waals surface area contributed by atoms with Crippen LogP contribution in [0.25, 0.3) is 11.3 Å². The molecule has 118 valence electrons. The number of nitrogens with one attached hydrogen (secondary N) is 1. The zero-order valence-corrected chi connectivity index (χ0v) is 13.8. The van der Waals surface area contributed by atoms with Gasteiger partial charge in [-0.1, -0.05) is 36.8 Å². The van der Waals surface area contributed by atoms with Crippen LogP contribution >= 0.6 is 12.4 Å². The van der Waals surface area contributed by atoms with Crippen LogP contribution in [0.2, 0.25) is 0 Å². The van der Waals surface area contributed by atoms with Crippen molar-refractivity contribution in [2.24, 2.45) is 5.92 Å². The van der Waals surface area contributed by atoms with Crippen molar-refractivity contribution in [2.45, 2.75) is 26.7 Å². The monoisotopic (exact) mass is 319 g/mol. The molecule has 22 heavy (non-hydrogen) atoms. The molecule has 2 heterocycles. The zero-order valence-electron chi connectivity index (χ0n) is 13.0. The van der Waals surface area contributed by atoms with Crippen LogP contribution in [0.4, 0.5) is 5.95 Å². The molecular weight excluding hydrogens is 298 g/mol. The van der Waals surface area contributed by atoms with Crippen LogP contribution in [0.1, 0.15) is 25.3 Å². The van der Waals surface area contributed by atoms with Gasteiger partial charge in [-0.05, 0) is 25.7 Å². The predicted molar refractivity (Wildman–Crippen MR) is 92.9 cm³/mol. The van der Waals surface area contributed by atoms with Crippen molar-refractivity contribution < 1.29 is 0 Å². The van der Waals surface area contributed by atoms with E-state index in [9.17, 15) is 4.79 Å². The SMILES string of the molecule is Cc1ccc(-c2cc(=O)[nH]c(N3CCC(C)CC3)n2)cc1.Cl. The molecule has 1 aromatic carbocycles. The second kappa shape index (κ2) is 6.97. The van der Waals surface area contributed by atoms with E-state index in [4.69, 9.17) is 0 Å². The normalized spacial score (nSPS) is 15.5. The van der Waals surface area contributed by atoms with Gasteiger partial charge in [0.1, 0.15) is 0 Å². The number of halogens is 1. The average Bonchev–Trinajstić information content (AvgIpc) is 2.48. The van der Waals surface area contributed by atoms with Gasteiger partial charge < -0.3 is 4.90 Å². The summed E-state index contributed by atoms with van der Waals surface area (Å²) < 4.78 is 0. The number of nitrogens with zero attached hydrogens (tertiary/aromatic N) is 2. The van der Waals surface area contributed by atoms with Crippen molar-refractivity contribution in [3.05, 3.63) is 46.2 Å². The maximum atomic E-state index is 11.9. The first-order valence-electron chi connectivity index (χ1n) is 7.55. The average molecular weight is 320 g/mol. The Morgan fingerprint density at radius 3 is 2.45 bits per heavy atom. The number of aryl methyl sites for hydroxylation is 1. The van der Waals surface area contributed by atoms with E-state index in [0.29, 0.717) is 5.95 Å². The lowest BCUT2D eigenvalue weighted by molar-refractivity contribution is 0.434. The molecule has 4 nitrogen and oxygen atoms in total. The molecule has 0 atom stereocenters. The van der Waals surface area contributed by atoms with Crippen LogP contribution in [0.15, 0.2) is 35.1 Å².